The van der Waals surface area contributed by atoms with Crippen LogP contribution in [0.2, 0.25) is 0 Å². The average molecular weight is 416 g/mol. The van der Waals surface area contributed by atoms with Crippen molar-refractivity contribution in [2.75, 3.05) is 0 Å². The molecule has 4 aliphatic carbocycles. The number of aromatic nitrogens is 1. The minimum absolute atomic E-state index is 0.0437. The summed E-state index contributed by atoms with van der Waals surface area (Å²) in [6, 6.07) is 13.9. The van der Waals surface area contributed by atoms with Gasteiger partial charge in [0.1, 0.15) is 11.4 Å². The van der Waals surface area contributed by atoms with Gasteiger partial charge in [0.15, 0.2) is 5.76 Å². The number of non-ortho nitro benzene ring substituents is 1. The second-order valence-electron chi connectivity index (χ2n) is 9.81. The Labute approximate surface area is 180 Å². The van der Waals surface area contributed by atoms with Crippen molar-refractivity contribution in [3.05, 3.63) is 64.2 Å². The fourth-order valence-corrected chi connectivity index (χ4v) is 6.86. The van der Waals surface area contributed by atoms with Crippen LogP contribution in [0, 0.1) is 27.9 Å². The first kappa shape index (κ1) is 18.6. The van der Waals surface area contributed by atoms with Gasteiger partial charge in [-0.25, -0.2) is 0 Å². The molecule has 4 fully saturated rings. The van der Waals surface area contributed by atoms with Crippen molar-refractivity contribution in [1.82, 2.24) is 5.16 Å². The molecule has 0 aliphatic heterocycles. The standard InChI is InChI=1S/C25H24N2O4/c28-23-6-3-19(10-21(23)25-12-15-7-16(13-25)9-17(8-15)14-25)22-11-24(31-26-22)18-1-4-20(5-2-18)27(29)30/h1-6,10-11,15-17,28H,7-9,12-14H2. The normalized spacial score (nSPS) is 28.7. The lowest BCUT2D eigenvalue weighted by Gasteiger charge is -2.57. The maximum Gasteiger partial charge on any atom is 0.269 e. The van der Waals surface area contributed by atoms with Crippen molar-refractivity contribution in [3.63, 3.8) is 0 Å². The highest BCUT2D eigenvalue weighted by Crippen LogP contribution is 2.62. The van der Waals surface area contributed by atoms with Gasteiger partial charge in [0, 0.05) is 34.9 Å². The average Bonchev–Trinajstić information content (AvgIpc) is 3.23. The Hall–Kier alpha value is -3.15. The topological polar surface area (TPSA) is 89.4 Å². The first-order chi connectivity index (χ1) is 15.0. The van der Waals surface area contributed by atoms with Gasteiger partial charge in [-0.15, -0.1) is 0 Å². The maximum atomic E-state index is 10.9. The van der Waals surface area contributed by atoms with Gasteiger partial charge in [-0.05, 0) is 92.0 Å². The van der Waals surface area contributed by atoms with Crippen molar-refractivity contribution in [2.45, 2.75) is 43.9 Å². The summed E-state index contributed by atoms with van der Waals surface area (Å²) in [7, 11) is 0. The summed E-state index contributed by atoms with van der Waals surface area (Å²) in [4.78, 5) is 10.5. The van der Waals surface area contributed by atoms with E-state index in [0.717, 1.165) is 34.4 Å². The van der Waals surface area contributed by atoms with Crippen molar-refractivity contribution >= 4 is 5.69 Å². The fourth-order valence-electron chi connectivity index (χ4n) is 6.86. The lowest BCUT2D eigenvalue weighted by atomic mass is 9.48. The van der Waals surface area contributed by atoms with Gasteiger partial charge in [-0.3, -0.25) is 10.1 Å². The number of hydrogen-bond donors (Lipinski definition) is 1. The molecule has 1 heterocycles. The Balaban J connectivity index is 1.34. The number of nitrogens with zero attached hydrogens (tertiary/aromatic N) is 2. The van der Waals surface area contributed by atoms with Crippen LogP contribution in [0.25, 0.3) is 22.6 Å². The minimum atomic E-state index is -0.419. The zero-order valence-corrected chi connectivity index (χ0v) is 17.2. The molecule has 31 heavy (non-hydrogen) atoms. The third-order valence-corrected chi connectivity index (χ3v) is 7.77. The van der Waals surface area contributed by atoms with Crippen molar-refractivity contribution in [2.24, 2.45) is 17.8 Å². The third kappa shape index (κ3) is 3.04. The Morgan fingerprint density at radius 3 is 2.16 bits per heavy atom. The second kappa shape index (κ2) is 6.67. The van der Waals surface area contributed by atoms with Crippen molar-refractivity contribution in [1.29, 1.82) is 0 Å². The molecular formula is C25H24N2O4. The van der Waals surface area contributed by atoms with Crippen molar-refractivity contribution < 1.29 is 14.6 Å². The first-order valence-electron chi connectivity index (χ1n) is 11.0. The van der Waals surface area contributed by atoms with Gasteiger partial charge in [-0.1, -0.05) is 5.16 Å². The number of nitro benzene ring substituents is 1. The Bertz CT molecular complexity index is 1130. The van der Waals surface area contributed by atoms with Crippen LogP contribution in [0.3, 0.4) is 0 Å². The molecule has 0 amide bonds. The van der Waals surface area contributed by atoms with E-state index in [2.05, 4.69) is 11.2 Å². The highest BCUT2D eigenvalue weighted by atomic mass is 16.6. The Morgan fingerprint density at radius 2 is 1.55 bits per heavy atom. The molecule has 158 valence electrons. The number of rotatable bonds is 4. The summed E-state index contributed by atoms with van der Waals surface area (Å²) in [5, 5.41) is 25.9. The van der Waals surface area contributed by atoms with Gasteiger partial charge in [-0.2, -0.15) is 0 Å². The molecule has 4 aliphatic rings. The molecule has 1 N–H and O–H groups in total. The van der Waals surface area contributed by atoms with Crippen LogP contribution in [-0.4, -0.2) is 15.2 Å². The predicted octanol–water partition coefficient (Wildman–Crippen LogP) is 6.09. The van der Waals surface area contributed by atoms with E-state index in [-0.39, 0.29) is 11.1 Å². The van der Waals surface area contributed by atoms with Crippen LogP contribution in [0.15, 0.2) is 53.1 Å². The Morgan fingerprint density at radius 1 is 0.935 bits per heavy atom. The molecule has 4 bridgehead atoms. The summed E-state index contributed by atoms with van der Waals surface area (Å²) in [5.41, 5.74) is 3.59. The van der Waals surface area contributed by atoms with E-state index in [1.165, 1.54) is 50.7 Å². The van der Waals surface area contributed by atoms with Crippen LogP contribution in [0.4, 0.5) is 5.69 Å². The lowest BCUT2D eigenvalue weighted by molar-refractivity contribution is -0.384. The summed E-state index contributed by atoms with van der Waals surface area (Å²) >= 11 is 0. The number of aromatic hydroxyl groups is 1. The molecule has 0 unspecified atom stereocenters. The van der Waals surface area contributed by atoms with Gasteiger partial charge >= 0.3 is 0 Å². The molecule has 0 atom stereocenters. The smallest absolute Gasteiger partial charge is 0.269 e. The molecular weight excluding hydrogens is 392 g/mol. The fraction of sp³-hybridized carbons (Fsp3) is 0.400. The first-order valence-corrected chi connectivity index (χ1v) is 11.0. The molecule has 3 aromatic rings. The van der Waals surface area contributed by atoms with Gasteiger partial charge < -0.3 is 9.63 Å². The molecule has 6 nitrogen and oxygen atoms in total. The molecule has 1 aromatic heterocycles. The molecule has 0 saturated heterocycles. The number of hydrogen-bond acceptors (Lipinski definition) is 5. The minimum Gasteiger partial charge on any atom is -0.508 e. The van der Waals surface area contributed by atoms with Crippen LogP contribution >= 0.6 is 0 Å². The zero-order valence-electron chi connectivity index (χ0n) is 17.2. The van der Waals surface area contributed by atoms with Crippen LogP contribution < -0.4 is 0 Å². The quantitative estimate of drug-likeness (QED) is 0.410. The molecule has 6 heteroatoms. The molecule has 4 saturated carbocycles. The number of phenols is 1. The predicted molar refractivity (Wildman–Crippen MR) is 116 cm³/mol. The lowest BCUT2D eigenvalue weighted by Crippen LogP contribution is -2.48. The number of benzene rings is 2. The highest BCUT2D eigenvalue weighted by molar-refractivity contribution is 5.69. The van der Waals surface area contributed by atoms with Crippen molar-refractivity contribution in [3.8, 4) is 28.3 Å². The van der Waals surface area contributed by atoms with E-state index in [4.69, 9.17) is 4.52 Å². The number of phenolic OH excluding ortho intramolecular Hbond substituents is 1. The van der Waals surface area contributed by atoms with E-state index < -0.39 is 4.92 Å². The van der Waals surface area contributed by atoms with Crippen LogP contribution in [-0.2, 0) is 5.41 Å². The SMILES string of the molecule is O=[N+]([O-])c1ccc(-c2cc(-c3ccc(O)c(C45CC6CC(CC(C6)C4)C5)c3)no2)cc1. The highest BCUT2D eigenvalue weighted by Gasteiger charge is 2.52. The van der Waals surface area contributed by atoms with E-state index in [1.54, 1.807) is 18.2 Å². The van der Waals surface area contributed by atoms with E-state index in [1.807, 2.05) is 12.1 Å². The van der Waals surface area contributed by atoms with Gasteiger partial charge in [0.05, 0.1) is 4.92 Å². The second-order valence-corrected chi connectivity index (χ2v) is 9.81. The maximum absolute atomic E-state index is 10.9. The summed E-state index contributed by atoms with van der Waals surface area (Å²) < 4.78 is 5.54. The van der Waals surface area contributed by atoms with Gasteiger partial charge in [0.25, 0.3) is 5.69 Å². The van der Waals surface area contributed by atoms with E-state index in [0.29, 0.717) is 17.2 Å². The monoisotopic (exact) mass is 416 g/mol. The molecule has 7 rings (SSSR count). The van der Waals surface area contributed by atoms with Crippen LogP contribution in [0.1, 0.15) is 44.1 Å². The summed E-state index contributed by atoms with van der Waals surface area (Å²) in [6.07, 6.45) is 7.64. The summed E-state index contributed by atoms with van der Waals surface area (Å²) in [5.74, 6) is 3.36. The third-order valence-electron chi connectivity index (χ3n) is 7.77. The molecule has 0 radical (unpaired) electrons. The Kier molecular flexibility index (Phi) is 4.01. The number of nitro groups is 1. The van der Waals surface area contributed by atoms with Crippen LogP contribution in [0.5, 0.6) is 5.75 Å². The molecule has 2 aromatic carbocycles. The summed E-state index contributed by atoms with van der Waals surface area (Å²) in [6.45, 7) is 0. The zero-order chi connectivity index (χ0) is 21.2. The van der Waals surface area contributed by atoms with E-state index >= 15 is 0 Å². The largest absolute Gasteiger partial charge is 0.508 e. The van der Waals surface area contributed by atoms with E-state index in [9.17, 15) is 15.2 Å². The molecule has 0 spiro atoms. The van der Waals surface area contributed by atoms with Gasteiger partial charge in [0.2, 0.25) is 0 Å².